The molecule has 0 aromatic rings. The second kappa shape index (κ2) is 12.3. The number of ether oxygens (including phenoxy) is 2. The molecule has 138 valence electrons. The van der Waals surface area contributed by atoms with E-state index >= 15 is 0 Å². The van der Waals surface area contributed by atoms with Gasteiger partial charge in [-0.25, -0.2) is 0 Å². The molecule has 0 saturated heterocycles. The van der Waals surface area contributed by atoms with Gasteiger partial charge in [-0.3, -0.25) is 4.99 Å². The lowest BCUT2D eigenvalue weighted by Crippen LogP contribution is -2.38. The van der Waals surface area contributed by atoms with Gasteiger partial charge in [0.05, 0.1) is 19.3 Å². The molecule has 0 bridgehead atoms. The summed E-state index contributed by atoms with van der Waals surface area (Å²) in [7, 11) is 0. The van der Waals surface area contributed by atoms with Crippen molar-refractivity contribution < 1.29 is 9.47 Å². The topological polar surface area (TPSA) is 54.9 Å². The second-order valence-corrected chi connectivity index (χ2v) is 6.61. The second-order valence-electron chi connectivity index (χ2n) is 6.61. The highest BCUT2D eigenvalue weighted by Gasteiger charge is 2.12. The Bertz CT molecular complexity index is 390. The number of rotatable bonds is 9. The highest BCUT2D eigenvalue weighted by molar-refractivity contribution is 5.79. The van der Waals surface area contributed by atoms with Gasteiger partial charge in [-0.15, -0.1) is 0 Å². The number of nitrogens with zero attached hydrogens (tertiary/aromatic N) is 1. The van der Waals surface area contributed by atoms with Crippen molar-refractivity contribution in [2.45, 2.75) is 64.4 Å². The van der Waals surface area contributed by atoms with E-state index in [1.165, 1.54) is 37.7 Å². The van der Waals surface area contributed by atoms with E-state index in [1.807, 2.05) is 0 Å². The van der Waals surface area contributed by atoms with Crippen LogP contribution in [0, 0.1) is 0 Å². The number of aliphatic imine (C=N–C) groups is 1. The normalized spacial score (nSPS) is 19.9. The maximum atomic E-state index is 5.96. The first-order chi connectivity index (χ1) is 11.9. The summed E-state index contributed by atoms with van der Waals surface area (Å²) >= 11 is 0. The van der Waals surface area contributed by atoms with Crippen molar-refractivity contribution in [3.63, 3.8) is 0 Å². The molecule has 0 unspecified atom stereocenters. The van der Waals surface area contributed by atoms with Crippen molar-refractivity contribution >= 4 is 5.96 Å². The van der Waals surface area contributed by atoms with Crippen LogP contribution in [0.1, 0.15) is 58.3 Å². The molecule has 2 aliphatic rings. The highest BCUT2D eigenvalue weighted by atomic mass is 16.5. The third-order valence-electron chi connectivity index (χ3n) is 4.62. The number of nitrogens with one attached hydrogen (secondary N) is 2. The van der Waals surface area contributed by atoms with Gasteiger partial charge in [0.1, 0.15) is 0 Å². The van der Waals surface area contributed by atoms with Gasteiger partial charge in [-0.2, -0.15) is 0 Å². The Labute approximate surface area is 147 Å². The summed E-state index contributed by atoms with van der Waals surface area (Å²) in [6.07, 6.45) is 12.4. The lowest BCUT2D eigenvalue weighted by Gasteiger charge is -2.21. The van der Waals surface area contributed by atoms with E-state index < -0.39 is 0 Å². The average Bonchev–Trinajstić information content (AvgIpc) is 2.63. The minimum absolute atomic E-state index is 0.502. The molecule has 0 radical (unpaired) electrons. The third kappa shape index (κ3) is 8.15. The van der Waals surface area contributed by atoms with E-state index in [-0.39, 0.29) is 0 Å². The predicted octanol–water partition coefficient (Wildman–Crippen LogP) is 3.02. The zero-order chi connectivity index (χ0) is 16.9. The van der Waals surface area contributed by atoms with Crippen LogP contribution in [0.15, 0.2) is 16.6 Å². The van der Waals surface area contributed by atoms with Crippen molar-refractivity contribution in [3.05, 3.63) is 11.6 Å². The molecule has 1 aliphatic heterocycles. The fourth-order valence-corrected chi connectivity index (χ4v) is 3.21. The van der Waals surface area contributed by atoms with E-state index in [2.05, 4.69) is 28.6 Å². The Morgan fingerprint density at radius 1 is 1.29 bits per heavy atom. The lowest BCUT2D eigenvalue weighted by atomic mass is 9.98. The molecule has 0 amide bonds. The van der Waals surface area contributed by atoms with Crippen LogP contribution < -0.4 is 10.6 Å². The van der Waals surface area contributed by atoms with Gasteiger partial charge in [0.2, 0.25) is 0 Å². The molecular formula is C19H35N3O2. The van der Waals surface area contributed by atoms with Crippen LogP contribution in [0.2, 0.25) is 0 Å². The minimum Gasteiger partial charge on any atom is -0.378 e. The smallest absolute Gasteiger partial charge is 0.191 e. The molecule has 0 aromatic heterocycles. The lowest BCUT2D eigenvalue weighted by molar-refractivity contribution is 0.0281. The first-order valence-corrected chi connectivity index (χ1v) is 9.78. The van der Waals surface area contributed by atoms with E-state index in [9.17, 15) is 0 Å². The monoisotopic (exact) mass is 337 g/mol. The minimum atomic E-state index is 0.502. The van der Waals surface area contributed by atoms with Gasteiger partial charge in [0, 0.05) is 26.2 Å². The van der Waals surface area contributed by atoms with Crippen LogP contribution >= 0.6 is 0 Å². The summed E-state index contributed by atoms with van der Waals surface area (Å²) in [6, 6.07) is 0. The van der Waals surface area contributed by atoms with Crippen LogP contribution in [0.5, 0.6) is 0 Å². The van der Waals surface area contributed by atoms with Crippen LogP contribution in [-0.4, -0.2) is 51.5 Å². The van der Waals surface area contributed by atoms with Gasteiger partial charge in [0.25, 0.3) is 0 Å². The van der Waals surface area contributed by atoms with Gasteiger partial charge < -0.3 is 20.1 Å². The van der Waals surface area contributed by atoms with Crippen LogP contribution in [0.25, 0.3) is 0 Å². The van der Waals surface area contributed by atoms with Crippen LogP contribution in [-0.2, 0) is 9.47 Å². The van der Waals surface area contributed by atoms with Crippen molar-refractivity contribution in [2.75, 3.05) is 39.5 Å². The van der Waals surface area contributed by atoms with E-state index in [0.717, 1.165) is 64.7 Å². The van der Waals surface area contributed by atoms with Crippen molar-refractivity contribution in [3.8, 4) is 0 Å². The standard InChI is InChI=1S/C19H35N3O2/c1-2-20-19(22-13-9-17-10-15-23-16-11-17)21-12-6-14-24-18-7-4-3-5-8-18/h10,18H,2-9,11-16H2,1H3,(H2,20,21,22). The number of hydrogen-bond acceptors (Lipinski definition) is 3. The van der Waals surface area contributed by atoms with Crippen molar-refractivity contribution in [1.82, 2.24) is 10.6 Å². The predicted molar refractivity (Wildman–Crippen MR) is 99.6 cm³/mol. The third-order valence-corrected chi connectivity index (χ3v) is 4.62. The molecule has 2 rings (SSSR count). The van der Waals surface area contributed by atoms with Gasteiger partial charge in [-0.05, 0) is 39.0 Å². The Morgan fingerprint density at radius 2 is 2.17 bits per heavy atom. The molecule has 1 saturated carbocycles. The zero-order valence-corrected chi connectivity index (χ0v) is 15.3. The Balaban J connectivity index is 1.57. The van der Waals surface area contributed by atoms with Gasteiger partial charge in [0.15, 0.2) is 5.96 Å². The highest BCUT2D eigenvalue weighted by Crippen LogP contribution is 2.20. The van der Waals surface area contributed by atoms with Gasteiger partial charge >= 0.3 is 0 Å². The molecule has 0 spiro atoms. The van der Waals surface area contributed by atoms with E-state index in [1.54, 1.807) is 0 Å². The zero-order valence-electron chi connectivity index (χ0n) is 15.3. The summed E-state index contributed by atoms with van der Waals surface area (Å²) in [5.74, 6) is 0.919. The Morgan fingerprint density at radius 3 is 2.92 bits per heavy atom. The molecule has 5 nitrogen and oxygen atoms in total. The largest absolute Gasteiger partial charge is 0.378 e. The fraction of sp³-hybridized carbons (Fsp3) is 0.842. The molecule has 2 N–H and O–H groups in total. The quantitative estimate of drug-likeness (QED) is 0.294. The van der Waals surface area contributed by atoms with Gasteiger partial charge in [-0.1, -0.05) is 30.9 Å². The Kier molecular flexibility index (Phi) is 9.88. The van der Waals surface area contributed by atoms with Crippen molar-refractivity contribution in [1.29, 1.82) is 0 Å². The maximum Gasteiger partial charge on any atom is 0.191 e. The summed E-state index contributed by atoms with van der Waals surface area (Å²) in [4.78, 5) is 4.65. The van der Waals surface area contributed by atoms with E-state index in [4.69, 9.17) is 9.47 Å². The molecule has 0 atom stereocenters. The molecule has 1 heterocycles. The molecular weight excluding hydrogens is 302 g/mol. The SMILES string of the molecule is CCNC(=NCCCOC1CCCCC1)NCCC1=CCOCC1. The number of hydrogen-bond donors (Lipinski definition) is 2. The Hall–Kier alpha value is -1.07. The molecule has 5 heteroatoms. The molecule has 1 aliphatic carbocycles. The maximum absolute atomic E-state index is 5.96. The fourth-order valence-electron chi connectivity index (χ4n) is 3.21. The number of guanidine groups is 1. The van der Waals surface area contributed by atoms with Crippen molar-refractivity contribution in [2.24, 2.45) is 4.99 Å². The van der Waals surface area contributed by atoms with Crippen LogP contribution in [0.3, 0.4) is 0 Å². The average molecular weight is 338 g/mol. The summed E-state index contributed by atoms with van der Waals surface area (Å²) in [5, 5.41) is 6.74. The summed E-state index contributed by atoms with van der Waals surface area (Å²) < 4.78 is 11.3. The van der Waals surface area contributed by atoms with Crippen LogP contribution in [0.4, 0.5) is 0 Å². The summed E-state index contributed by atoms with van der Waals surface area (Å²) in [6.45, 7) is 7.20. The molecule has 0 aromatic carbocycles. The first kappa shape index (κ1) is 19.3. The molecule has 24 heavy (non-hydrogen) atoms. The first-order valence-electron chi connectivity index (χ1n) is 9.78. The summed E-state index contributed by atoms with van der Waals surface area (Å²) in [5.41, 5.74) is 1.49. The molecule has 1 fully saturated rings. The van der Waals surface area contributed by atoms with E-state index in [0.29, 0.717) is 6.10 Å².